The maximum absolute atomic E-state index is 12.9. The summed E-state index contributed by atoms with van der Waals surface area (Å²) in [4.78, 5) is 0. The van der Waals surface area contributed by atoms with Crippen molar-refractivity contribution in [2.45, 2.75) is 17.8 Å². The van der Waals surface area contributed by atoms with Gasteiger partial charge in [0.1, 0.15) is 0 Å². The highest BCUT2D eigenvalue weighted by molar-refractivity contribution is 8.14. The fraction of sp³-hybridized carbons (Fsp3) is 0.455. The van der Waals surface area contributed by atoms with Crippen molar-refractivity contribution in [2.24, 2.45) is 0 Å². The van der Waals surface area contributed by atoms with Gasteiger partial charge in [0.15, 0.2) is 16.7 Å². The normalized spacial score (nSPS) is 17.4. The van der Waals surface area contributed by atoms with Gasteiger partial charge < -0.3 is 9.47 Å². The molecule has 0 saturated carbocycles. The molecule has 0 radical (unpaired) electrons. The van der Waals surface area contributed by atoms with Gasteiger partial charge in [-0.1, -0.05) is 6.07 Å². The number of rotatable bonds is 2. The minimum atomic E-state index is -5.01. The molecule has 1 aliphatic heterocycles. The van der Waals surface area contributed by atoms with E-state index in [1.807, 2.05) is 0 Å². The Hall–Kier alpha value is -1.15. The number of alkyl halides is 3. The van der Waals surface area contributed by atoms with Gasteiger partial charge in [-0.2, -0.15) is 13.2 Å². The van der Waals surface area contributed by atoms with Crippen LogP contribution in [0.2, 0.25) is 0 Å². The Kier molecular flexibility index (Phi) is 4.06. The monoisotopic (exact) mass is 330 g/mol. The van der Waals surface area contributed by atoms with Crippen LogP contribution in [-0.2, 0) is 9.05 Å². The number of fused-ring (bicyclic) bond motifs is 1. The molecule has 0 saturated heterocycles. The molecule has 2 rings (SSSR count). The Morgan fingerprint density at radius 3 is 2.30 bits per heavy atom. The predicted octanol–water partition coefficient (Wildman–Crippen LogP) is 3.02. The molecule has 112 valence electrons. The van der Waals surface area contributed by atoms with Crippen LogP contribution in [0.25, 0.3) is 0 Å². The first-order valence-electron chi connectivity index (χ1n) is 5.59. The molecule has 1 heterocycles. The summed E-state index contributed by atoms with van der Waals surface area (Å²) >= 11 is 0. The van der Waals surface area contributed by atoms with Crippen molar-refractivity contribution < 1.29 is 31.1 Å². The summed E-state index contributed by atoms with van der Waals surface area (Å²) in [5.41, 5.74) is -0.503. The fourth-order valence-electron chi connectivity index (χ4n) is 1.85. The molecule has 9 heteroatoms. The lowest BCUT2D eigenvalue weighted by Crippen LogP contribution is -2.25. The summed E-state index contributed by atoms with van der Waals surface area (Å²) in [5.74, 6) is 0.355. The molecule has 1 aromatic rings. The average molecular weight is 331 g/mol. The molecule has 1 atom stereocenters. The van der Waals surface area contributed by atoms with E-state index in [0.717, 1.165) is 12.1 Å². The summed E-state index contributed by atoms with van der Waals surface area (Å²) in [7, 11) is 0.0535. The van der Waals surface area contributed by atoms with Gasteiger partial charge in [-0.25, -0.2) is 8.42 Å². The van der Waals surface area contributed by atoms with Crippen LogP contribution in [0.3, 0.4) is 0 Å². The zero-order chi connectivity index (χ0) is 15.0. The van der Waals surface area contributed by atoms with E-state index in [0.29, 0.717) is 13.0 Å². The fourth-order valence-corrected chi connectivity index (χ4v) is 3.26. The Morgan fingerprint density at radius 2 is 1.75 bits per heavy atom. The predicted molar refractivity (Wildman–Crippen MR) is 65.6 cm³/mol. The van der Waals surface area contributed by atoms with Crippen molar-refractivity contribution in [3.8, 4) is 11.5 Å². The second-order valence-electron chi connectivity index (χ2n) is 4.15. The molecular formula is C11H10ClF3O4S. The average Bonchev–Trinajstić information content (AvgIpc) is 2.49. The highest BCUT2D eigenvalue weighted by Crippen LogP contribution is 2.43. The molecule has 1 aromatic carbocycles. The zero-order valence-electron chi connectivity index (χ0n) is 9.98. The van der Waals surface area contributed by atoms with E-state index in [9.17, 15) is 21.6 Å². The van der Waals surface area contributed by atoms with Crippen molar-refractivity contribution in [2.75, 3.05) is 13.2 Å². The third-order valence-corrected chi connectivity index (χ3v) is 4.29. The first-order chi connectivity index (χ1) is 9.19. The third-order valence-electron chi connectivity index (χ3n) is 2.65. The molecule has 0 spiro atoms. The lowest BCUT2D eigenvalue weighted by molar-refractivity contribution is -0.131. The molecule has 20 heavy (non-hydrogen) atoms. The van der Waals surface area contributed by atoms with Gasteiger partial charge in [0.2, 0.25) is 9.05 Å². The second kappa shape index (κ2) is 5.33. The summed E-state index contributed by atoms with van der Waals surface area (Å²) in [6.07, 6.45) is -4.43. The molecule has 1 aliphatic rings. The molecule has 0 amide bonds. The first kappa shape index (κ1) is 15.2. The van der Waals surface area contributed by atoms with Crippen LogP contribution in [0.1, 0.15) is 17.2 Å². The highest BCUT2D eigenvalue weighted by Gasteiger charge is 2.49. The largest absolute Gasteiger partial charge is 0.490 e. The summed E-state index contributed by atoms with van der Waals surface area (Å²) in [6, 6.07) is 3.27. The first-order valence-corrected chi connectivity index (χ1v) is 7.96. The molecule has 0 aromatic heterocycles. The lowest BCUT2D eigenvalue weighted by Gasteiger charge is -2.18. The minimum absolute atomic E-state index is 0.0783. The number of hydrogen-bond acceptors (Lipinski definition) is 4. The standard InChI is InChI=1S/C11H10ClF3O4S/c12-20(16,17)10(11(13,14)15)7-2-3-8-9(6-7)19-5-1-4-18-8/h2-3,6,10H,1,4-5H2. The van der Waals surface area contributed by atoms with E-state index >= 15 is 0 Å². The van der Waals surface area contributed by atoms with E-state index < -0.39 is 26.0 Å². The number of hydrogen-bond donors (Lipinski definition) is 0. The van der Waals surface area contributed by atoms with Crippen molar-refractivity contribution >= 4 is 19.7 Å². The van der Waals surface area contributed by atoms with E-state index in [1.54, 1.807) is 0 Å². The van der Waals surface area contributed by atoms with Crippen LogP contribution in [0, 0.1) is 0 Å². The van der Waals surface area contributed by atoms with Gasteiger partial charge >= 0.3 is 6.18 Å². The highest BCUT2D eigenvalue weighted by atomic mass is 35.7. The van der Waals surface area contributed by atoms with Crippen LogP contribution in [0.15, 0.2) is 18.2 Å². The van der Waals surface area contributed by atoms with Gasteiger partial charge in [0.05, 0.1) is 13.2 Å². The van der Waals surface area contributed by atoms with Gasteiger partial charge in [-0.05, 0) is 17.7 Å². The third kappa shape index (κ3) is 3.29. The molecule has 0 bridgehead atoms. The van der Waals surface area contributed by atoms with E-state index in [-0.39, 0.29) is 18.1 Å². The summed E-state index contributed by atoms with van der Waals surface area (Å²) < 4.78 is 71.5. The lowest BCUT2D eigenvalue weighted by atomic mass is 10.1. The smallest absolute Gasteiger partial charge is 0.410 e. The van der Waals surface area contributed by atoms with E-state index in [2.05, 4.69) is 0 Å². The van der Waals surface area contributed by atoms with Crippen LogP contribution in [-0.4, -0.2) is 27.8 Å². The van der Waals surface area contributed by atoms with Gasteiger partial charge in [0, 0.05) is 17.1 Å². The van der Waals surface area contributed by atoms with Crippen molar-refractivity contribution in [3.05, 3.63) is 23.8 Å². The quantitative estimate of drug-likeness (QED) is 0.782. The second-order valence-corrected chi connectivity index (χ2v) is 6.87. The molecule has 1 unspecified atom stereocenters. The number of halogens is 4. The Bertz CT molecular complexity index is 600. The maximum Gasteiger partial charge on any atom is 0.410 e. The minimum Gasteiger partial charge on any atom is -0.490 e. The number of ether oxygens (including phenoxy) is 2. The van der Waals surface area contributed by atoms with Crippen LogP contribution < -0.4 is 9.47 Å². The molecule has 0 N–H and O–H groups in total. The molecule has 0 fully saturated rings. The molecule has 4 nitrogen and oxygen atoms in total. The topological polar surface area (TPSA) is 52.6 Å². The van der Waals surface area contributed by atoms with Gasteiger partial charge in [-0.15, -0.1) is 0 Å². The van der Waals surface area contributed by atoms with E-state index in [4.69, 9.17) is 20.2 Å². The van der Waals surface area contributed by atoms with Gasteiger partial charge in [0.25, 0.3) is 0 Å². The van der Waals surface area contributed by atoms with Crippen molar-refractivity contribution in [1.82, 2.24) is 0 Å². The van der Waals surface area contributed by atoms with Gasteiger partial charge in [-0.3, -0.25) is 0 Å². The number of benzene rings is 1. The Balaban J connectivity index is 2.48. The van der Waals surface area contributed by atoms with Crippen LogP contribution in [0.4, 0.5) is 13.2 Å². The SMILES string of the molecule is O=S(=O)(Cl)C(c1ccc2c(c1)OCCCO2)C(F)(F)F. The zero-order valence-corrected chi connectivity index (χ0v) is 11.6. The maximum atomic E-state index is 12.9. The summed E-state index contributed by atoms with van der Waals surface area (Å²) in [5, 5.41) is -2.80. The van der Waals surface area contributed by atoms with E-state index in [1.165, 1.54) is 6.07 Å². The van der Waals surface area contributed by atoms with Crippen molar-refractivity contribution in [3.63, 3.8) is 0 Å². The summed E-state index contributed by atoms with van der Waals surface area (Å²) in [6.45, 7) is 0.656. The molecule has 0 aliphatic carbocycles. The van der Waals surface area contributed by atoms with Crippen molar-refractivity contribution in [1.29, 1.82) is 0 Å². The van der Waals surface area contributed by atoms with Crippen LogP contribution >= 0.6 is 10.7 Å². The Labute approximate surface area is 117 Å². The molecular weight excluding hydrogens is 321 g/mol. The Morgan fingerprint density at radius 1 is 1.15 bits per heavy atom. The van der Waals surface area contributed by atoms with Crippen LogP contribution in [0.5, 0.6) is 11.5 Å².